The standard InChI is InChI=1S/C15H22N2O/c1-17-9-4-7-15(8-10-17)11-13(16)12-5-2-3-6-14(12)18-15/h2-3,5-6,13H,4,7-11,16H2,1H3/t13-,15?/m1/s1. The number of hydrogen-bond donors (Lipinski definition) is 1. The van der Waals surface area contributed by atoms with Crippen molar-refractivity contribution in [2.45, 2.75) is 37.3 Å². The van der Waals surface area contributed by atoms with E-state index in [0.29, 0.717) is 0 Å². The molecule has 0 radical (unpaired) electrons. The van der Waals surface area contributed by atoms with Crippen LogP contribution < -0.4 is 10.5 Å². The molecule has 0 aliphatic carbocycles. The normalized spacial score (nSPS) is 32.7. The molecule has 0 bridgehead atoms. The van der Waals surface area contributed by atoms with Crippen LogP contribution in [0.4, 0.5) is 0 Å². The summed E-state index contributed by atoms with van der Waals surface area (Å²) in [6, 6.07) is 8.35. The Kier molecular flexibility index (Phi) is 3.04. The number of ether oxygens (including phenoxy) is 1. The molecule has 1 fully saturated rings. The third kappa shape index (κ3) is 2.13. The number of para-hydroxylation sites is 1. The molecule has 3 nitrogen and oxygen atoms in total. The Hall–Kier alpha value is -1.06. The van der Waals surface area contributed by atoms with Crippen molar-refractivity contribution in [3.8, 4) is 5.75 Å². The van der Waals surface area contributed by atoms with Gasteiger partial charge in [0.15, 0.2) is 0 Å². The Morgan fingerprint density at radius 1 is 1.28 bits per heavy atom. The summed E-state index contributed by atoms with van der Waals surface area (Å²) in [5.74, 6) is 1.00. The summed E-state index contributed by atoms with van der Waals surface area (Å²) >= 11 is 0. The van der Waals surface area contributed by atoms with Gasteiger partial charge in [-0.3, -0.25) is 0 Å². The minimum absolute atomic E-state index is 0.0292. The van der Waals surface area contributed by atoms with Crippen LogP contribution in [0, 0.1) is 0 Å². The molecule has 1 unspecified atom stereocenters. The first-order chi connectivity index (χ1) is 8.69. The molecule has 0 aromatic heterocycles. The first kappa shape index (κ1) is 12.0. The number of nitrogens with zero attached hydrogens (tertiary/aromatic N) is 1. The van der Waals surface area contributed by atoms with Gasteiger partial charge in [0.2, 0.25) is 0 Å². The van der Waals surface area contributed by atoms with Crippen molar-refractivity contribution in [3.05, 3.63) is 29.8 Å². The van der Waals surface area contributed by atoms with E-state index in [0.717, 1.165) is 31.6 Å². The lowest BCUT2D eigenvalue weighted by molar-refractivity contribution is 0.0223. The predicted octanol–water partition coefficient (Wildman–Crippen LogP) is 2.32. The van der Waals surface area contributed by atoms with Crippen molar-refractivity contribution in [2.75, 3.05) is 20.1 Å². The van der Waals surface area contributed by atoms with Crippen molar-refractivity contribution in [1.82, 2.24) is 4.90 Å². The van der Waals surface area contributed by atoms with E-state index in [9.17, 15) is 0 Å². The molecular formula is C15H22N2O. The molecular weight excluding hydrogens is 224 g/mol. The third-order valence-electron chi connectivity index (χ3n) is 4.36. The van der Waals surface area contributed by atoms with Crippen molar-refractivity contribution in [2.24, 2.45) is 5.73 Å². The molecule has 3 heteroatoms. The van der Waals surface area contributed by atoms with Gasteiger partial charge in [0, 0.05) is 24.6 Å². The lowest BCUT2D eigenvalue weighted by atomic mass is 9.82. The van der Waals surface area contributed by atoms with Crippen molar-refractivity contribution >= 4 is 0 Å². The number of benzene rings is 1. The molecule has 2 aliphatic rings. The fraction of sp³-hybridized carbons (Fsp3) is 0.600. The summed E-state index contributed by atoms with van der Waals surface area (Å²) in [5.41, 5.74) is 7.48. The van der Waals surface area contributed by atoms with Gasteiger partial charge in [-0.1, -0.05) is 18.2 Å². The van der Waals surface area contributed by atoms with Crippen LogP contribution >= 0.6 is 0 Å². The quantitative estimate of drug-likeness (QED) is 0.763. The number of nitrogens with two attached hydrogens (primary N) is 1. The molecule has 2 aliphatic heterocycles. The lowest BCUT2D eigenvalue weighted by Gasteiger charge is -2.41. The van der Waals surface area contributed by atoms with E-state index in [2.05, 4.69) is 24.1 Å². The Labute approximate surface area is 109 Å². The molecule has 1 spiro atoms. The highest BCUT2D eigenvalue weighted by atomic mass is 16.5. The van der Waals surface area contributed by atoms with Crippen LogP contribution in [0.3, 0.4) is 0 Å². The Morgan fingerprint density at radius 2 is 2.11 bits per heavy atom. The van der Waals surface area contributed by atoms with Gasteiger partial charge in [-0.25, -0.2) is 0 Å². The average molecular weight is 246 g/mol. The van der Waals surface area contributed by atoms with Crippen LogP contribution in [0.25, 0.3) is 0 Å². The first-order valence-electron chi connectivity index (χ1n) is 6.91. The molecule has 2 N–H and O–H groups in total. The Bertz CT molecular complexity index is 434. The van der Waals surface area contributed by atoms with E-state index < -0.39 is 0 Å². The molecule has 1 aromatic carbocycles. The summed E-state index contributed by atoms with van der Waals surface area (Å²) < 4.78 is 6.35. The van der Waals surface area contributed by atoms with Crippen LogP contribution in [-0.2, 0) is 0 Å². The van der Waals surface area contributed by atoms with E-state index in [-0.39, 0.29) is 11.6 Å². The lowest BCUT2D eigenvalue weighted by Crippen LogP contribution is -2.43. The zero-order valence-corrected chi connectivity index (χ0v) is 11.1. The van der Waals surface area contributed by atoms with Crippen LogP contribution in [0.1, 0.15) is 37.3 Å². The number of rotatable bonds is 0. The van der Waals surface area contributed by atoms with Crippen molar-refractivity contribution in [1.29, 1.82) is 0 Å². The summed E-state index contributed by atoms with van der Waals surface area (Å²) in [4.78, 5) is 2.39. The molecule has 3 rings (SSSR count). The minimum atomic E-state index is -0.0292. The number of hydrogen-bond acceptors (Lipinski definition) is 3. The largest absolute Gasteiger partial charge is 0.487 e. The average Bonchev–Trinajstić information content (AvgIpc) is 2.53. The van der Waals surface area contributed by atoms with E-state index >= 15 is 0 Å². The topological polar surface area (TPSA) is 38.5 Å². The Balaban J connectivity index is 1.88. The summed E-state index contributed by atoms with van der Waals surface area (Å²) in [5, 5.41) is 0. The molecule has 98 valence electrons. The van der Waals surface area contributed by atoms with E-state index in [1.807, 2.05) is 12.1 Å². The summed E-state index contributed by atoms with van der Waals surface area (Å²) in [7, 11) is 2.19. The van der Waals surface area contributed by atoms with Gasteiger partial charge in [0.05, 0.1) is 0 Å². The van der Waals surface area contributed by atoms with Crippen LogP contribution in [0.2, 0.25) is 0 Å². The highest BCUT2D eigenvalue weighted by Gasteiger charge is 2.40. The predicted molar refractivity (Wildman–Crippen MR) is 72.7 cm³/mol. The van der Waals surface area contributed by atoms with Gasteiger partial charge >= 0.3 is 0 Å². The van der Waals surface area contributed by atoms with Gasteiger partial charge in [0.1, 0.15) is 11.4 Å². The molecule has 1 saturated heterocycles. The number of likely N-dealkylation sites (tertiary alicyclic amines) is 1. The SMILES string of the molecule is CN1CCCC2(CC1)C[C@@H](N)c1ccccc1O2. The molecule has 0 amide bonds. The maximum absolute atomic E-state index is 6.35. The van der Waals surface area contributed by atoms with Crippen LogP contribution in [0.15, 0.2) is 24.3 Å². The second-order valence-electron chi connectivity index (χ2n) is 5.79. The summed E-state index contributed by atoms with van der Waals surface area (Å²) in [6.07, 6.45) is 4.37. The molecule has 2 heterocycles. The molecule has 18 heavy (non-hydrogen) atoms. The first-order valence-corrected chi connectivity index (χ1v) is 6.91. The zero-order valence-electron chi connectivity index (χ0n) is 11.1. The third-order valence-corrected chi connectivity index (χ3v) is 4.36. The minimum Gasteiger partial charge on any atom is -0.487 e. The second kappa shape index (κ2) is 4.56. The van der Waals surface area contributed by atoms with E-state index in [4.69, 9.17) is 10.5 Å². The van der Waals surface area contributed by atoms with Crippen molar-refractivity contribution in [3.63, 3.8) is 0 Å². The smallest absolute Gasteiger partial charge is 0.124 e. The maximum Gasteiger partial charge on any atom is 0.124 e. The molecule has 1 aromatic rings. The van der Waals surface area contributed by atoms with E-state index in [1.165, 1.54) is 18.5 Å². The summed E-state index contributed by atoms with van der Waals surface area (Å²) in [6.45, 7) is 2.27. The second-order valence-corrected chi connectivity index (χ2v) is 5.79. The van der Waals surface area contributed by atoms with Crippen LogP contribution in [0.5, 0.6) is 5.75 Å². The van der Waals surface area contributed by atoms with Gasteiger partial charge in [-0.2, -0.15) is 0 Å². The molecule has 0 saturated carbocycles. The van der Waals surface area contributed by atoms with Crippen LogP contribution in [-0.4, -0.2) is 30.6 Å². The fourth-order valence-electron chi connectivity index (χ4n) is 3.27. The fourth-order valence-corrected chi connectivity index (χ4v) is 3.27. The monoisotopic (exact) mass is 246 g/mol. The van der Waals surface area contributed by atoms with E-state index in [1.54, 1.807) is 0 Å². The van der Waals surface area contributed by atoms with Gasteiger partial charge in [-0.05, 0) is 38.9 Å². The number of fused-ring (bicyclic) bond motifs is 1. The highest BCUT2D eigenvalue weighted by molar-refractivity contribution is 5.38. The van der Waals surface area contributed by atoms with Crippen molar-refractivity contribution < 1.29 is 4.74 Å². The van der Waals surface area contributed by atoms with Gasteiger partial charge in [0.25, 0.3) is 0 Å². The zero-order chi connectivity index (χ0) is 12.6. The van der Waals surface area contributed by atoms with Gasteiger partial charge in [-0.15, -0.1) is 0 Å². The Morgan fingerprint density at radius 3 is 3.00 bits per heavy atom. The van der Waals surface area contributed by atoms with Gasteiger partial charge < -0.3 is 15.4 Å². The highest BCUT2D eigenvalue weighted by Crippen LogP contribution is 2.42. The maximum atomic E-state index is 6.35. The molecule has 2 atom stereocenters.